The topological polar surface area (TPSA) is 117 Å². The number of rotatable bonds is 4. The lowest BCUT2D eigenvalue weighted by Gasteiger charge is -2.08. The number of hydrogen-bond acceptors (Lipinski definition) is 6. The molecule has 3 aromatic heterocycles. The number of alkyl halides is 6. The van der Waals surface area contributed by atoms with E-state index in [9.17, 15) is 39.9 Å². The first-order valence-electron chi connectivity index (χ1n) is 12.7. The molecular weight excluding hydrogens is 618 g/mol. The predicted octanol–water partition coefficient (Wildman–Crippen LogP) is 6.93. The molecule has 0 spiro atoms. The van der Waals surface area contributed by atoms with E-state index in [0.29, 0.717) is 11.5 Å². The fourth-order valence-electron chi connectivity index (χ4n) is 4.26. The first-order valence-corrected chi connectivity index (χ1v) is 12.7. The number of nitrogen functional groups attached to an aromatic ring is 1. The molecule has 0 saturated heterocycles. The van der Waals surface area contributed by atoms with Crippen molar-refractivity contribution in [3.05, 3.63) is 88.6 Å². The summed E-state index contributed by atoms with van der Waals surface area (Å²) in [5.41, 5.74) is 4.12. The van der Waals surface area contributed by atoms with Crippen LogP contribution in [-0.4, -0.2) is 30.6 Å². The van der Waals surface area contributed by atoms with Crippen molar-refractivity contribution in [2.75, 3.05) is 11.1 Å². The van der Waals surface area contributed by atoms with E-state index >= 15 is 0 Å². The van der Waals surface area contributed by atoms with Gasteiger partial charge in [-0.1, -0.05) is 5.16 Å². The highest BCUT2D eigenvalue weighted by Gasteiger charge is 2.36. The Bertz CT molecular complexity index is 1850. The zero-order valence-corrected chi connectivity index (χ0v) is 23.8. The molecule has 0 radical (unpaired) electrons. The number of carbonyl (C=O) groups is 1. The van der Waals surface area contributed by atoms with Gasteiger partial charge in [0.25, 0.3) is 5.91 Å². The summed E-state index contributed by atoms with van der Waals surface area (Å²) in [4.78, 5) is 12.3. The minimum atomic E-state index is -4.63. The average molecular weight is 642 g/mol. The van der Waals surface area contributed by atoms with Crippen LogP contribution in [0.25, 0.3) is 22.5 Å². The SMILES string of the molecule is Cc1noc(C)c1C(=O)Nc1ccc(-c2cc(C(F)(F)F)nn2C)c(F)c1.Cn1nc(C(F)(F)F)cc1-c1ccc(N)cc1F. The Hall–Kier alpha value is -5.22. The van der Waals surface area contributed by atoms with Gasteiger partial charge in [-0.2, -0.15) is 36.5 Å². The molecule has 9 nitrogen and oxygen atoms in total. The number of nitrogens with zero attached hydrogens (tertiary/aromatic N) is 5. The lowest BCUT2D eigenvalue weighted by Crippen LogP contribution is -2.13. The van der Waals surface area contributed by atoms with Gasteiger partial charge in [0.2, 0.25) is 0 Å². The Kier molecular flexibility index (Phi) is 8.75. The monoisotopic (exact) mass is 641 g/mol. The maximum Gasteiger partial charge on any atom is 0.435 e. The highest BCUT2D eigenvalue weighted by molar-refractivity contribution is 6.05. The second-order valence-electron chi connectivity index (χ2n) is 9.66. The van der Waals surface area contributed by atoms with E-state index in [2.05, 4.69) is 20.7 Å². The van der Waals surface area contributed by atoms with E-state index in [4.69, 9.17) is 10.3 Å². The van der Waals surface area contributed by atoms with Crippen LogP contribution in [0.1, 0.15) is 33.2 Å². The summed E-state index contributed by atoms with van der Waals surface area (Å²) in [6, 6.07) is 9.03. The molecule has 0 bridgehead atoms. The van der Waals surface area contributed by atoms with Gasteiger partial charge in [-0.25, -0.2) is 8.78 Å². The van der Waals surface area contributed by atoms with Gasteiger partial charge in [-0.15, -0.1) is 0 Å². The van der Waals surface area contributed by atoms with Crippen molar-refractivity contribution >= 4 is 17.3 Å². The highest BCUT2D eigenvalue weighted by Crippen LogP contribution is 2.34. The summed E-state index contributed by atoms with van der Waals surface area (Å²) >= 11 is 0. The number of nitrogens with two attached hydrogens (primary N) is 1. The van der Waals surface area contributed by atoms with Gasteiger partial charge in [-0.3, -0.25) is 14.2 Å². The van der Waals surface area contributed by atoms with E-state index in [-0.39, 0.29) is 39.5 Å². The molecule has 5 rings (SSSR count). The molecule has 2 aromatic carbocycles. The third kappa shape index (κ3) is 7.13. The molecular formula is C28H23F8N7O2. The third-order valence-corrected chi connectivity index (χ3v) is 6.37. The quantitative estimate of drug-likeness (QED) is 0.162. The first-order chi connectivity index (χ1) is 20.9. The first kappa shape index (κ1) is 32.7. The fourth-order valence-corrected chi connectivity index (χ4v) is 4.26. The summed E-state index contributed by atoms with van der Waals surface area (Å²) in [5.74, 6) is -1.70. The summed E-state index contributed by atoms with van der Waals surface area (Å²) in [5, 5.41) is 12.9. The molecule has 3 N–H and O–H groups in total. The molecule has 45 heavy (non-hydrogen) atoms. The molecule has 17 heteroatoms. The lowest BCUT2D eigenvalue weighted by atomic mass is 10.1. The summed E-state index contributed by atoms with van der Waals surface area (Å²) < 4.78 is 111. The van der Waals surface area contributed by atoms with Crippen molar-refractivity contribution in [2.24, 2.45) is 14.1 Å². The zero-order valence-electron chi connectivity index (χ0n) is 23.8. The average Bonchev–Trinajstić information content (AvgIpc) is 3.60. The van der Waals surface area contributed by atoms with Crippen molar-refractivity contribution < 1.29 is 44.4 Å². The van der Waals surface area contributed by atoms with Gasteiger partial charge < -0.3 is 15.6 Å². The van der Waals surface area contributed by atoms with E-state index in [0.717, 1.165) is 33.6 Å². The number of carbonyl (C=O) groups excluding carboxylic acids is 1. The smallest absolute Gasteiger partial charge is 0.399 e. The Morgan fingerprint density at radius 3 is 1.69 bits per heavy atom. The van der Waals surface area contributed by atoms with Gasteiger partial charge in [0.15, 0.2) is 11.4 Å². The van der Waals surface area contributed by atoms with Crippen molar-refractivity contribution in [1.82, 2.24) is 24.7 Å². The predicted molar refractivity (Wildman–Crippen MR) is 146 cm³/mol. The van der Waals surface area contributed by atoms with Crippen LogP contribution < -0.4 is 11.1 Å². The van der Waals surface area contributed by atoms with E-state index < -0.39 is 41.3 Å². The summed E-state index contributed by atoms with van der Waals surface area (Å²) in [6.07, 6.45) is -9.19. The maximum absolute atomic E-state index is 14.5. The molecule has 0 aliphatic rings. The van der Waals surface area contributed by atoms with Crippen LogP contribution in [0.3, 0.4) is 0 Å². The Morgan fingerprint density at radius 1 is 0.800 bits per heavy atom. The molecule has 0 aliphatic carbocycles. The van der Waals surface area contributed by atoms with Gasteiger partial charge in [0, 0.05) is 36.6 Å². The van der Waals surface area contributed by atoms with E-state index in [1.165, 1.54) is 38.4 Å². The van der Waals surface area contributed by atoms with E-state index in [1.807, 2.05) is 0 Å². The van der Waals surface area contributed by atoms with Crippen LogP contribution in [0, 0.1) is 25.5 Å². The second-order valence-corrected chi connectivity index (χ2v) is 9.66. The molecule has 0 unspecified atom stereocenters. The number of aromatic nitrogens is 5. The van der Waals surface area contributed by atoms with Gasteiger partial charge in [0.05, 0.1) is 17.1 Å². The zero-order chi connectivity index (χ0) is 33.4. The Morgan fingerprint density at radius 2 is 1.29 bits per heavy atom. The molecule has 0 atom stereocenters. The second kappa shape index (κ2) is 12.0. The summed E-state index contributed by atoms with van der Waals surface area (Å²) in [6.45, 7) is 3.16. The van der Waals surface area contributed by atoms with Gasteiger partial charge >= 0.3 is 12.4 Å². The minimum absolute atomic E-state index is 0.0229. The number of nitrogens with one attached hydrogen (secondary N) is 1. The number of aryl methyl sites for hydroxylation is 4. The van der Waals surface area contributed by atoms with Crippen LogP contribution in [0.2, 0.25) is 0 Å². The minimum Gasteiger partial charge on any atom is -0.399 e. The summed E-state index contributed by atoms with van der Waals surface area (Å²) in [7, 11) is 2.61. The normalized spacial score (nSPS) is 11.7. The largest absolute Gasteiger partial charge is 0.435 e. The lowest BCUT2D eigenvalue weighted by molar-refractivity contribution is -0.142. The number of hydrogen-bond donors (Lipinski definition) is 2. The van der Waals surface area contributed by atoms with Crippen molar-refractivity contribution in [1.29, 1.82) is 0 Å². The van der Waals surface area contributed by atoms with Crippen LogP contribution in [0.15, 0.2) is 53.1 Å². The van der Waals surface area contributed by atoms with Gasteiger partial charge in [0.1, 0.15) is 23.0 Å². The highest BCUT2D eigenvalue weighted by atomic mass is 19.4. The molecule has 0 aliphatic heterocycles. The van der Waals surface area contributed by atoms with Crippen molar-refractivity contribution in [3.63, 3.8) is 0 Å². The number of benzene rings is 2. The molecule has 3 heterocycles. The maximum atomic E-state index is 14.5. The number of halogens is 8. The van der Waals surface area contributed by atoms with Gasteiger partial charge in [-0.05, 0) is 62.4 Å². The molecule has 238 valence electrons. The van der Waals surface area contributed by atoms with Crippen LogP contribution in [-0.2, 0) is 26.4 Å². The Labute approximate surface area is 249 Å². The molecule has 5 aromatic rings. The third-order valence-electron chi connectivity index (χ3n) is 6.37. The number of anilines is 2. The van der Waals surface area contributed by atoms with Crippen LogP contribution in [0.4, 0.5) is 46.5 Å². The van der Waals surface area contributed by atoms with E-state index in [1.54, 1.807) is 13.8 Å². The molecule has 1 amide bonds. The Balaban J connectivity index is 0.000000222. The van der Waals surface area contributed by atoms with Crippen LogP contribution in [0.5, 0.6) is 0 Å². The van der Waals surface area contributed by atoms with Crippen molar-refractivity contribution in [2.45, 2.75) is 26.2 Å². The molecule has 0 saturated carbocycles. The van der Waals surface area contributed by atoms with Crippen molar-refractivity contribution in [3.8, 4) is 22.5 Å². The fraction of sp³-hybridized carbons (Fsp3) is 0.214. The van der Waals surface area contributed by atoms with Crippen LogP contribution >= 0.6 is 0 Å². The number of amides is 1. The standard InChI is InChI=1S/C17H14F4N4O2.C11H9F4N3/c1-8-15(9(2)27-24-8)16(26)22-10-4-5-11(12(18)6-10)13-7-14(17(19,20)21)23-25(13)3;1-18-9(5-10(17-18)11(13,14)15)7-3-2-6(16)4-8(7)12/h4-7H,1-3H3,(H,22,26);2-5H,16H2,1H3. The molecule has 0 fully saturated rings.